The lowest BCUT2D eigenvalue weighted by Gasteiger charge is -2.23. The van der Waals surface area contributed by atoms with Crippen LogP contribution in [-0.2, 0) is 4.74 Å². The topological polar surface area (TPSA) is 56.5 Å². The minimum absolute atomic E-state index is 0.259. The van der Waals surface area contributed by atoms with Crippen LogP contribution >= 0.6 is 27.7 Å². The van der Waals surface area contributed by atoms with Crippen molar-refractivity contribution >= 4 is 39.3 Å². The van der Waals surface area contributed by atoms with Crippen LogP contribution in [0, 0.1) is 5.92 Å². The molecule has 94 valence electrons. The third-order valence-corrected chi connectivity index (χ3v) is 4.73. The highest BCUT2D eigenvalue weighted by Crippen LogP contribution is 2.25. The van der Waals surface area contributed by atoms with E-state index >= 15 is 0 Å². The summed E-state index contributed by atoms with van der Waals surface area (Å²) in [5, 5.41) is 0. The smallest absolute Gasteiger partial charge is 0.360 e. The van der Waals surface area contributed by atoms with Crippen molar-refractivity contribution < 1.29 is 9.53 Å². The molecule has 0 unspecified atom stereocenters. The summed E-state index contributed by atoms with van der Waals surface area (Å²) < 4.78 is 7.80. The van der Waals surface area contributed by atoms with Gasteiger partial charge in [-0.1, -0.05) is 0 Å². The average molecular weight is 328 g/mol. The van der Waals surface area contributed by atoms with Gasteiger partial charge in [0, 0.05) is 29.8 Å². The Morgan fingerprint density at radius 1 is 1.56 bits per heavy atom. The summed E-state index contributed by atoms with van der Waals surface area (Å²) in [7, 11) is 0. The fourth-order valence-electron chi connectivity index (χ4n) is 1.68. The van der Waals surface area contributed by atoms with E-state index in [9.17, 15) is 4.79 Å². The van der Waals surface area contributed by atoms with Gasteiger partial charge in [-0.15, -0.1) is 0 Å². The van der Waals surface area contributed by atoms with E-state index in [-0.39, 0.29) is 5.69 Å². The number of hydrogen-bond donors (Lipinski definition) is 0. The molecular formula is C11H10BrN3O2S. The standard InChI is InChI=1S/C11H10BrN3O2S/c12-8-3-14-10-9(13-1-2-15(8)10)11(16)17-4-7-5-18-6-7/h1-3,7H,4-6H2. The van der Waals surface area contributed by atoms with Crippen molar-refractivity contribution in [2.75, 3.05) is 18.1 Å². The van der Waals surface area contributed by atoms with E-state index < -0.39 is 5.97 Å². The van der Waals surface area contributed by atoms with E-state index in [2.05, 4.69) is 25.9 Å². The number of esters is 1. The Bertz CT molecular complexity index is 597. The monoisotopic (exact) mass is 327 g/mol. The molecule has 0 amide bonds. The predicted octanol–water partition coefficient (Wildman–Crippen LogP) is 2.01. The zero-order valence-electron chi connectivity index (χ0n) is 9.38. The Hall–Kier alpha value is -1.08. The molecule has 0 atom stereocenters. The van der Waals surface area contributed by atoms with Crippen LogP contribution in [-0.4, -0.2) is 38.5 Å². The van der Waals surface area contributed by atoms with Crippen LogP contribution in [0.25, 0.3) is 5.65 Å². The van der Waals surface area contributed by atoms with Gasteiger partial charge in [0.25, 0.3) is 0 Å². The number of fused-ring (bicyclic) bond motifs is 1. The first kappa shape index (κ1) is 12.0. The third-order valence-electron chi connectivity index (χ3n) is 2.73. The number of rotatable bonds is 3. The Kier molecular flexibility index (Phi) is 3.25. The number of ether oxygens (including phenoxy) is 1. The molecule has 0 radical (unpaired) electrons. The molecule has 1 aliphatic heterocycles. The van der Waals surface area contributed by atoms with Gasteiger partial charge in [-0.2, -0.15) is 11.8 Å². The van der Waals surface area contributed by atoms with E-state index in [1.54, 1.807) is 23.0 Å². The number of thioether (sulfide) groups is 1. The third kappa shape index (κ3) is 2.12. The summed E-state index contributed by atoms with van der Waals surface area (Å²) in [5.74, 6) is 2.22. The maximum absolute atomic E-state index is 12.0. The molecule has 0 aromatic carbocycles. The molecule has 2 aromatic rings. The maximum atomic E-state index is 12.0. The average Bonchev–Trinajstić information content (AvgIpc) is 2.69. The van der Waals surface area contributed by atoms with Crippen molar-refractivity contribution in [2.24, 2.45) is 5.92 Å². The fourth-order valence-corrected chi connectivity index (χ4v) is 2.83. The molecule has 3 rings (SSSR count). The highest BCUT2D eigenvalue weighted by molar-refractivity contribution is 9.10. The molecule has 0 saturated carbocycles. The predicted molar refractivity (Wildman–Crippen MR) is 71.8 cm³/mol. The number of aromatic nitrogens is 3. The number of imidazole rings is 1. The van der Waals surface area contributed by atoms with Gasteiger partial charge in [0.15, 0.2) is 11.3 Å². The Labute approximate surface area is 116 Å². The van der Waals surface area contributed by atoms with Crippen LogP contribution in [0.5, 0.6) is 0 Å². The fraction of sp³-hybridized carbons (Fsp3) is 0.364. The molecule has 1 fully saturated rings. The van der Waals surface area contributed by atoms with Gasteiger partial charge in [0.2, 0.25) is 0 Å². The minimum atomic E-state index is -0.407. The SMILES string of the molecule is O=C(OCC1CSC1)c1nccn2c(Br)cnc12. The van der Waals surface area contributed by atoms with Gasteiger partial charge in [-0.05, 0) is 15.9 Å². The second-order valence-corrected chi connectivity index (χ2v) is 5.94. The molecule has 1 aliphatic rings. The van der Waals surface area contributed by atoms with E-state index in [0.717, 1.165) is 16.1 Å². The van der Waals surface area contributed by atoms with Crippen LogP contribution in [0.1, 0.15) is 10.5 Å². The van der Waals surface area contributed by atoms with E-state index in [1.165, 1.54) is 0 Å². The lowest BCUT2D eigenvalue weighted by molar-refractivity contribution is 0.0453. The quantitative estimate of drug-likeness (QED) is 0.807. The van der Waals surface area contributed by atoms with Crippen molar-refractivity contribution in [3.63, 3.8) is 0 Å². The molecule has 1 saturated heterocycles. The Morgan fingerprint density at radius 2 is 2.39 bits per heavy atom. The second kappa shape index (κ2) is 4.89. The highest BCUT2D eigenvalue weighted by Gasteiger charge is 2.22. The van der Waals surface area contributed by atoms with Gasteiger partial charge in [0.05, 0.1) is 12.8 Å². The maximum Gasteiger partial charge on any atom is 0.360 e. The van der Waals surface area contributed by atoms with Crippen molar-refractivity contribution in [3.05, 3.63) is 28.9 Å². The molecule has 7 heteroatoms. The van der Waals surface area contributed by atoms with Gasteiger partial charge in [-0.3, -0.25) is 4.40 Å². The normalized spacial score (nSPS) is 15.6. The first-order chi connectivity index (χ1) is 8.75. The molecule has 0 spiro atoms. The summed E-state index contributed by atoms with van der Waals surface area (Å²) in [4.78, 5) is 20.2. The molecule has 2 aromatic heterocycles. The molecule has 0 N–H and O–H groups in total. The van der Waals surface area contributed by atoms with Gasteiger partial charge < -0.3 is 4.74 Å². The van der Waals surface area contributed by atoms with E-state index in [0.29, 0.717) is 18.2 Å². The molecule has 0 aliphatic carbocycles. The summed E-state index contributed by atoms with van der Waals surface area (Å²) in [5.41, 5.74) is 0.771. The van der Waals surface area contributed by atoms with Crippen LogP contribution in [0.4, 0.5) is 0 Å². The first-order valence-electron chi connectivity index (χ1n) is 5.48. The molecular weight excluding hydrogens is 318 g/mol. The molecule has 3 heterocycles. The van der Waals surface area contributed by atoms with Crippen molar-refractivity contribution in [1.82, 2.24) is 14.4 Å². The van der Waals surface area contributed by atoms with E-state index in [4.69, 9.17) is 4.74 Å². The van der Waals surface area contributed by atoms with E-state index in [1.807, 2.05) is 11.8 Å². The highest BCUT2D eigenvalue weighted by atomic mass is 79.9. The lowest BCUT2D eigenvalue weighted by atomic mass is 10.2. The van der Waals surface area contributed by atoms with Crippen LogP contribution < -0.4 is 0 Å². The van der Waals surface area contributed by atoms with Crippen molar-refractivity contribution in [1.29, 1.82) is 0 Å². The van der Waals surface area contributed by atoms with Gasteiger partial charge in [0.1, 0.15) is 4.60 Å². The van der Waals surface area contributed by atoms with Crippen LogP contribution in [0.2, 0.25) is 0 Å². The Balaban J connectivity index is 1.81. The number of carbonyl (C=O) groups excluding carboxylic acids is 1. The van der Waals surface area contributed by atoms with Crippen molar-refractivity contribution in [2.45, 2.75) is 0 Å². The molecule has 18 heavy (non-hydrogen) atoms. The largest absolute Gasteiger partial charge is 0.461 e. The number of nitrogens with zero attached hydrogens (tertiary/aromatic N) is 3. The minimum Gasteiger partial charge on any atom is -0.461 e. The number of halogens is 1. The summed E-state index contributed by atoms with van der Waals surface area (Å²) in [6.07, 6.45) is 4.94. The number of hydrogen-bond acceptors (Lipinski definition) is 5. The summed E-state index contributed by atoms with van der Waals surface area (Å²) in [6.45, 7) is 0.469. The molecule has 0 bridgehead atoms. The van der Waals surface area contributed by atoms with Crippen LogP contribution in [0.15, 0.2) is 23.2 Å². The Morgan fingerprint density at radius 3 is 3.11 bits per heavy atom. The van der Waals surface area contributed by atoms with Crippen LogP contribution in [0.3, 0.4) is 0 Å². The van der Waals surface area contributed by atoms with Crippen molar-refractivity contribution in [3.8, 4) is 0 Å². The van der Waals surface area contributed by atoms with Gasteiger partial charge >= 0.3 is 5.97 Å². The van der Waals surface area contributed by atoms with Gasteiger partial charge in [-0.25, -0.2) is 14.8 Å². The first-order valence-corrected chi connectivity index (χ1v) is 7.43. The zero-order chi connectivity index (χ0) is 12.5. The lowest BCUT2D eigenvalue weighted by Crippen LogP contribution is -2.25. The number of carbonyl (C=O) groups is 1. The second-order valence-electron chi connectivity index (χ2n) is 4.05. The summed E-state index contributed by atoms with van der Waals surface area (Å²) in [6, 6.07) is 0. The molecule has 5 nitrogen and oxygen atoms in total. The summed E-state index contributed by atoms with van der Waals surface area (Å²) >= 11 is 5.22. The zero-order valence-corrected chi connectivity index (χ0v) is 11.8.